The fraction of sp³-hybridized carbons (Fsp3) is 0.389. The fourth-order valence-corrected chi connectivity index (χ4v) is 2.82. The van der Waals surface area contributed by atoms with E-state index in [0.29, 0.717) is 50.0 Å². The van der Waals surface area contributed by atoms with Gasteiger partial charge in [-0.15, -0.1) is 10.2 Å². The average Bonchev–Trinajstić information content (AvgIpc) is 2.68. The van der Waals surface area contributed by atoms with E-state index in [4.69, 9.17) is 9.47 Å². The van der Waals surface area contributed by atoms with Gasteiger partial charge in [0.05, 0.1) is 19.3 Å². The molecule has 0 saturated carbocycles. The number of rotatable bonds is 5. The molecule has 7 nitrogen and oxygen atoms in total. The molecule has 2 heterocycles. The van der Waals surface area contributed by atoms with Crippen LogP contribution in [0.2, 0.25) is 0 Å². The summed E-state index contributed by atoms with van der Waals surface area (Å²) in [6.07, 6.45) is 0. The van der Waals surface area contributed by atoms with Crippen LogP contribution in [-0.2, 0) is 0 Å². The average molecular weight is 342 g/mol. The lowest BCUT2D eigenvalue weighted by molar-refractivity contribution is 0.0742. The lowest BCUT2D eigenvalue weighted by Crippen LogP contribution is -2.49. The van der Waals surface area contributed by atoms with Gasteiger partial charge in [0, 0.05) is 32.2 Å². The van der Waals surface area contributed by atoms with Crippen LogP contribution in [0.3, 0.4) is 0 Å². The predicted molar refractivity (Wildman–Crippen MR) is 94.3 cm³/mol. The molecule has 0 atom stereocenters. The molecule has 0 radical (unpaired) electrons. The van der Waals surface area contributed by atoms with E-state index in [-0.39, 0.29) is 5.91 Å². The molecule has 1 fully saturated rings. The summed E-state index contributed by atoms with van der Waals surface area (Å²) in [6, 6.07) is 11.1. The summed E-state index contributed by atoms with van der Waals surface area (Å²) in [7, 11) is 1.56. The SMILES string of the molecule is CCOc1ccccc1C(=O)N1CCN(c2ccc(OC)nn2)CC1. The van der Waals surface area contributed by atoms with Crippen molar-refractivity contribution in [1.82, 2.24) is 15.1 Å². The first-order chi connectivity index (χ1) is 12.2. The number of carbonyl (C=O) groups is 1. The molecule has 3 rings (SSSR count). The van der Waals surface area contributed by atoms with Crippen LogP contribution in [0, 0.1) is 0 Å². The number of ether oxygens (including phenoxy) is 2. The zero-order valence-corrected chi connectivity index (χ0v) is 14.5. The predicted octanol–water partition coefficient (Wildman–Crippen LogP) is 1.85. The van der Waals surface area contributed by atoms with Crippen LogP contribution >= 0.6 is 0 Å². The van der Waals surface area contributed by atoms with Crippen molar-refractivity contribution in [2.75, 3.05) is 44.8 Å². The molecule has 1 amide bonds. The molecular weight excluding hydrogens is 320 g/mol. The number of anilines is 1. The van der Waals surface area contributed by atoms with Crippen LogP contribution < -0.4 is 14.4 Å². The third-order valence-electron chi connectivity index (χ3n) is 4.14. The number of benzene rings is 1. The van der Waals surface area contributed by atoms with Crippen molar-refractivity contribution in [2.45, 2.75) is 6.92 Å². The van der Waals surface area contributed by atoms with Crippen LogP contribution in [0.25, 0.3) is 0 Å². The van der Waals surface area contributed by atoms with Crippen LogP contribution in [0.1, 0.15) is 17.3 Å². The fourth-order valence-electron chi connectivity index (χ4n) is 2.82. The Labute approximate surface area is 147 Å². The summed E-state index contributed by atoms with van der Waals surface area (Å²) < 4.78 is 10.6. The standard InChI is InChI=1S/C18H22N4O3/c1-3-25-15-7-5-4-6-14(15)18(23)22-12-10-21(11-13-22)16-8-9-17(24-2)20-19-16/h4-9H,3,10-13H2,1-2H3. The van der Waals surface area contributed by atoms with Crippen molar-refractivity contribution in [3.63, 3.8) is 0 Å². The largest absolute Gasteiger partial charge is 0.493 e. The molecule has 0 bridgehead atoms. The first-order valence-corrected chi connectivity index (χ1v) is 8.36. The Morgan fingerprint density at radius 3 is 2.48 bits per heavy atom. The molecule has 1 aliphatic heterocycles. The lowest BCUT2D eigenvalue weighted by atomic mass is 10.1. The summed E-state index contributed by atoms with van der Waals surface area (Å²) in [5, 5.41) is 8.16. The smallest absolute Gasteiger partial charge is 0.257 e. The Bertz CT molecular complexity index is 713. The van der Waals surface area contributed by atoms with Crippen LogP contribution in [0.15, 0.2) is 36.4 Å². The van der Waals surface area contributed by atoms with E-state index in [1.54, 1.807) is 13.2 Å². The molecule has 132 valence electrons. The highest BCUT2D eigenvalue weighted by Crippen LogP contribution is 2.21. The molecule has 0 unspecified atom stereocenters. The van der Waals surface area contributed by atoms with Crippen molar-refractivity contribution >= 4 is 11.7 Å². The first-order valence-electron chi connectivity index (χ1n) is 8.36. The number of carbonyl (C=O) groups excluding carboxylic acids is 1. The van der Waals surface area contributed by atoms with Gasteiger partial charge in [-0.05, 0) is 25.1 Å². The lowest BCUT2D eigenvalue weighted by Gasteiger charge is -2.35. The molecule has 1 saturated heterocycles. The maximum atomic E-state index is 12.8. The molecule has 0 spiro atoms. The Morgan fingerprint density at radius 1 is 1.08 bits per heavy atom. The number of hydrogen-bond acceptors (Lipinski definition) is 6. The Kier molecular flexibility index (Phi) is 5.33. The molecule has 1 aliphatic rings. The maximum absolute atomic E-state index is 12.8. The number of piperazine rings is 1. The van der Waals surface area contributed by atoms with Gasteiger partial charge in [0.1, 0.15) is 5.75 Å². The van der Waals surface area contributed by atoms with E-state index < -0.39 is 0 Å². The summed E-state index contributed by atoms with van der Waals surface area (Å²) in [5.74, 6) is 1.93. The van der Waals surface area contributed by atoms with Crippen LogP contribution in [0.5, 0.6) is 11.6 Å². The van der Waals surface area contributed by atoms with E-state index in [2.05, 4.69) is 15.1 Å². The minimum atomic E-state index is 0.00418. The topological polar surface area (TPSA) is 67.8 Å². The number of nitrogens with zero attached hydrogens (tertiary/aromatic N) is 4. The van der Waals surface area contributed by atoms with E-state index in [1.807, 2.05) is 42.2 Å². The number of aromatic nitrogens is 2. The van der Waals surface area contributed by atoms with Gasteiger partial charge in [-0.3, -0.25) is 4.79 Å². The van der Waals surface area contributed by atoms with Gasteiger partial charge in [-0.2, -0.15) is 0 Å². The second-order valence-electron chi connectivity index (χ2n) is 5.64. The molecule has 0 aliphatic carbocycles. The van der Waals surface area contributed by atoms with Gasteiger partial charge < -0.3 is 19.3 Å². The summed E-state index contributed by atoms with van der Waals surface area (Å²) >= 11 is 0. The van der Waals surface area contributed by atoms with Crippen molar-refractivity contribution in [1.29, 1.82) is 0 Å². The zero-order valence-electron chi connectivity index (χ0n) is 14.5. The van der Waals surface area contributed by atoms with E-state index in [0.717, 1.165) is 5.82 Å². The van der Waals surface area contributed by atoms with E-state index >= 15 is 0 Å². The molecule has 2 aromatic rings. The van der Waals surface area contributed by atoms with Gasteiger partial charge in [0.15, 0.2) is 5.82 Å². The van der Waals surface area contributed by atoms with Crippen molar-refractivity contribution in [2.24, 2.45) is 0 Å². The number of methoxy groups -OCH3 is 1. The quantitative estimate of drug-likeness (QED) is 0.826. The number of amides is 1. The van der Waals surface area contributed by atoms with E-state index in [1.165, 1.54) is 0 Å². The van der Waals surface area contributed by atoms with Crippen molar-refractivity contribution < 1.29 is 14.3 Å². The Morgan fingerprint density at radius 2 is 1.84 bits per heavy atom. The third kappa shape index (κ3) is 3.81. The summed E-state index contributed by atoms with van der Waals surface area (Å²) in [4.78, 5) is 16.8. The Hall–Kier alpha value is -2.83. The van der Waals surface area contributed by atoms with Gasteiger partial charge in [-0.1, -0.05) is 12.1 Å². The molecule has 25 heavy (non-hydrogen) atoms. The second-order valence-corrected chi connectivity index (χ2v) is 5.64. The zero-order chi connectivity index (χ0) is 17.6. The summed E-state index contributed by atoms with van der Waals surface area (Å²) in [5.41, 5.74) is 0.613. The van der Waals surface area contributed by atoms with Gasteiger partial charge in [0.25, 0.3) is 5.91 Å². The molecule has 0 N–H and O–H groups in total. The van der Waals surface area contributed by atoms with Gasteiger partial charge in [0.2, 0.25) is 5.88 Å². The second kappa shape index (κ2) is 7.83. The van der Waals surface area contributed by atoms with E-state index in [9.17, 15) is 4.79 Å². The normalized spacial score (nSPS) is 14.3. The summed E-state index contributed by atoms with van der Waals surface area (Å²) in [6.45, 7) is 5.14. The van der Waals surface area contributed by atoms with Crippen LogP contribution in [0.4, 0.5) is 5.82 Å². The minimum Gasteiger partial charge on any atom is -0.493 e. The third-order valence-corrected chi connectivity index (χ3v) is 4.14. The Balaban J connectivity index is 1.64. The highest BCUT2D eigenvalue weighted by Gasteiger charge is 2.24. The number of para-hydroxylation sites is 1. The highest BCUT2D eigenvalue weighted by molar-refractivity contribution is 5.97. The maximum Gasteiger partial charge on any atom is 0.257 e. The van der Waals surface area contributed by atoms with Gasteiger partial charge in [-0.25, -0.2) is 0 Å². The molecular formula is C18H22N4O3. The van der Waals surface area contributed by atoms with Crippen molar-refractivity contribution in [3.8, 4) is 11.6 Å². The van der Waals surface area contributed by atoms with Crippen LogP contribution in [-0.4, -0.2) is 60.9 Å². The highest BCUT2D eigenvalue weighted by atomic mass is 16.5. The monoisotopic (exact) mass is 342 g/mol. The van der Waals surface area contributed by atoms with Crippen molar-refractivity contribution in [3.05, 3.63) is 42.0 Å². The molecule has 1 aromatic heterocycles. The minimum absolute atomic E-state index is 0.00418. The first kappa shape index (κ1) is 17.0. The molecule has 7 heteroatoms. The molecule has 1 aromatic carbocycles. The van der Waals surface area contributed by atoms with Gasteiger partial charge >= 0.3 is 0 Å². The number of hydrogen-bond donors (Lipinski definition) is 0.